The number of halogens is 1. The second kappa shape index (κ2) is 8.38. The van der Waals surface area contributed by atoms with Crippen molar-refractivity contribution in [2.75, 3.05) is 25.9 Å². The van der Waals surface area contributed by atoms with E-state index in [9.17, 15) is 4.79 Å². The lowest BCUT2D eigenvalue weighted by Crippen LogP contribution is -2.32. The molecule has 14 heavy (non-hydrogen) atoms. The summed E-state index contributed by atoms with van der Waals surface area (Å²) in [5, 5.41) is 5.81. The lowest BCUT2D eigenvalue weighted by atomic mass is 10.3. The van der Waals surface area contributed by atoms with Crippen LogP contribution in [0.1, 0.15) is 20.8 Å². The monoisotopic (exact) mass is 240 g/mol. The molecular weight excluding hydrogens is 220 g/mol. The third-order valence-electron chi connectivity index (χ3n) is 1.33. The molecule has 0 saturated heterocycles. The van der Waals surface area contributed by atoms with Gasteiger partial charge in [0.2, 0.25) is 5.91 Å². The van der Waals surface area contributed by atoms with Crippen molar-refractivity contribution in [3.63, 3.8) is 0 Å². The van der Waals surface area contributed by atoms with Crippen LogP contribution in [0.4, 0.5) is 0 Å². The normalized spacial score (nSPS) is 10.6. The highest BCUT2D eigenvalue weighted by Gasteiger charge is 2.12. The summed E-state index contributed by atoms with van der Waals surface area (Å²) in [5.41, 5.74) is 0. The number of carbonyl (C=O) groups is 1. The Morgan fingerprint density at radius 2 is 1.86 bits per heavy atom. The van der Waals surface area contributed by atoms with Crippen molar-refractivity contribution in [3.05, 3.63) is 0 Å². The van der Waals surface area contributed by atoms with Crippen molar-refractivity contribution in [2.24, 2.45) is 0 Å². The first-order chi connectivity index (χ1) is 5.95. The predicted molar refractivity (Wildman–Crippen MR) is 66.4 cm³/mol. The summed E-state index contributed by atoms with van der Waals surface area (Å²) in [4.78, 5) is 11.2. The van der Waals surface area contributed by atoms with E-state index < -0.39 is 0 Å². The zero-order valence-electron chi connectivity index (χ0n) is 9.35. The van der Waals surface area contributed by atoms with Gasteiger partial charge in [0.15, 0.2) is 0 Å². The summed E-state index contributed by atoms with van der Waals surface area (Å²) in [5.74, 6) is 0.669. The number of carbonyl (C=O) groups excluding carboxylic acids is 1. The minimum atomic E-state index is 0. The molecule has 0 unspecified atom stereocenters. The van der Waals surface area contributed by atoms with Gasteiger partial charge in [-0.2, -0.15) is 0 Å². The molecule has 0 aliphatic heterocycles. The molecule has 86 valence electrons. The maximum Gasteiger partial charge on any atom is 0.230 e. The average molecular weight is 241 g/mol. The fraction of sp³-hybridized carbons (Fsp3) is 0.889. The van der Waals surface area contributed by atoms with E-state index in [1.807, 2.05) is 7.05 Å². The number of likely N-dealkylation sites (N-methyl/N-ethyl adjacent to an activating group) is 1. The Kier molecular flexibility index (Phi) is 9.88. The SMILES string of the molecule is CNCCNC(=O)CSC(C)(C)C.Cl. The number of amides is 1. The van der Waals surface area contributed by atoms with E-state index in [1.165, 1.54) is 0 Å². The van der Waals surface area contributed by atoms with Gasteiger partial charge in [-0.25, -0.2) is 0 Å². The molecule has 0 aromatic heterocycles. The maximum atomic E-state index is 11.2. The van der Waals surface area contributed by atoms with Crippen LogP contribution in [0.15, 0.2) is 0 Å². The minimum Gasteiger partial charge on any atom is -0.354 e. The molecule has 0 aliphatic carbocycles. The molecule has 0 saturated carbocycles. The highest BCUT2D eigenvalue weighted by atomic mass is 35.5. The predicted octanol–water partition coefficient (Wildman–Crippen LogP) is 1.28. The minimum absolute atomic E-state index is 0. The quantitative estimate of drug-likeness (QED) is 0.712. The zero-order chi connectivity index (χ0) is 10.3. The van der Waals surface area contributed by atoms with E-state index in [4.69, 9.17) is 0 Å². The summed E-state index contributed by atoms with van der Waals surface area (Å²) in [6.45, 7) is 7.86. The first kappa shape index (κ1) is 16.5. The van der Waals surface area contributed by atoms with Gasteiger partial charge in [0.25, 0.3) is 0 Å². The van der Waals surface area contributed by atoms with Crippen molar-refractivity contribution in [1.29, 1.82) is 0 Å². The van der Waals surface area contributed by atoms with Gasteiger partial charge in [-0.05, 0) is 7.05 Å². The first-order valence-corrected chi connectivity index (χ1v) is 5.49. The van der Waals surface area contributed by atoms with Crippen molar-refractivity contribution in [2.45, 2.75) is 25.5 Å². The third-order valence-corrected chi connectivity index (χ3v) is 2.61. The fourth-order valence-electron chi connectivity index (χ4n) is 0.660. The van der Waals surface area contributed by atoms with Crippen LogP contribution in [-0.4, -0.2) is 36.5 Å². The number of rotatable bonds is 5. The number of hydrogen-bond acceptors (Lipinski definition) is 3. The van der Waals surface area contributed by atoms with Crippen LogP contribution in [-0.2, 0) is 4.79 Å². The highest BCUT2D eigenvalue weighted by molar-refractivity contribution is 8.01. The molecule has 0 atom stereocenters. The molecule has 0 spiro atoms. The Balaban J connectivity index is 0. The van der Waals surface area contributed by atoms with E-state index in [0.717, 1.165) is 6.54 Å². The van der Waals surface area contributed by atoms with Crippen molar-refractivity contribution in [1.82, 2.24) is 10.6 Å². The first-order valence-electron chi connectivity index (χ1n) is 4.51. The summed E-state index contributed by atoms with van der Waals surface area (Å²) < 4.78 is 0.167. The Bertz CT molecular complexity index is 159. The molecule has 3 nitrogen and oxygen atoms in total. The molecule has 0 radical (unpaired) electrons. The Hall–Kier alpha value is 0.0700. The van der Waals surface area contributed by atoms with Crippen LogP contribution in [0.3, 0.4) is 0 Å². The molecule has 0 bridgehead atoms. The Labute approximate surface area is 97.2 Å². The number of hydrogen-bond donors (Lipinski definition) is 2. The molecule has 2 N–H and O–H groups in total. The van der Waals surface area contributed by atoms with E-state index in [0.29, 0.717) is 12.3 Å². The van der Waals surface area contributed by atoms with Crippen LogP contribution in [0.5, 0.6) is 0 Å². The second-order valence-electron chi connectivity index (χ2n) is 3.85. The molecule has 1 amide bonds. The summed E-state index contributed by atoms with van der Waals surface area (Å²) in [6.07, 6.45) is 0. The average Bonchev–Trinajstić information content (AvgIpc) is 2.00. The van der Waals surface area contributed by atoms with Crippen LogP contribution >= 0.6 is 24.2 Å². The van der Waals surface area contributed by atoms with E-state index in [-0.39, 0.29) is 23.1 Å². The maximum absolute atomic E-state index is 11.2. The van der Waals surface area contributed by atoms with Gasteiger partial charge in [0.1, 0.15) is 0 Å². The van der Waals surface area contributed by atoms with Gasteiger partial charge in [-0.1, -0.05) is 20.8 Å². The van der Waals surface area contributed by atoms with Gasteiger partial charge in [-0.15, -0.1) is 24.2 Å². The Morgan fingerprint density at radius 1 is 1.29 bits per heavy atom. The van der Waals surface area contributed by atoms with Crippen LogP contribution in [0.2, 0.25) is 0 Å². The van der Waals surface area contributed by atoms with E-state index in [1.54, 1.807) is 11.8 Å². The third kappa shape index (κ3) is 12.1. The lowest BCUT2D eigenvalue weighted by molar-refractivity contribution is -0.118. The highest BCUT2D eigenvalue weighted by Crippen LogP contribution is 2.22. The lowest BCUT2D eigenvalue weighted by Gasteiger charge is -2.16. The van der Waals surface area contributed by atoms with E-state index in [2.05, 4.69) is 31.4 Å². The summed E-state index contributed by atoms with van der Waals surface area (Å²) in [7, 11) is 1.87. The van der Waals surface area contributed by atoms with Crippen LogP contribution in [0.25, 0.3) is 0 Å². The van der Waals surface area contributed by atoms with Gasteiger partial charge in [0, 0.05) is 17.8 Å². The van der Waals surface area contributed by atoms with Gasteiger partial charge in [0.05, 0.1) is 5.75 Å². The molecule has 0 heterocycles. The van der Waals surface area contributed by atoms with Crippen LogP contribution in [0, 0.1) is 0 Å². The van der Waals surface area contributed by atoms with Gasteiger partial charge >= 0.3 is 0 Å². The molecule has 0 aromatic carbocycles. The van der Waals surface area contributed by atoms with Crippen molar-refractivity contribution in [3.8, 4) is 0 Å². The Morgan fingerprint density at radius 3 is 2.29 bits per heavy atom. The zero-order valence-corrected chi connectivity index (χ0v) is 11.0. The standard InChI is InChI=1S/C9H20N2OS.ClH/c1-9(2,3)13-7-8(12)11-6-5-10-4;/h10H,5-7H2,1-4H3,(H,11,12);1H. The van der Waals surface area contributed by atoms with Crippen molar-refractivity contribution < 1.29 is 4.79 Å². The van der Waals surface area contributed by atoms with Crippen molar-refractivity contribution >= 4 is 30.1 Å². The van der Waals surface area contributed by atoms with Gasteiger partial charge in [-0.3, -0.25) is 4.79 Å². The fourth-order valence-corrected chi connectivity index (χ4v) is 1.33. The molecule has 5 heteroatoms. The molecule has 0 aromatic rings. The van der Waals surface area contributed by atoms with Crippen LogP contribution < -0.4 is 10.6 Å². The summed E-state index contributed by atoms with van der Waals surface area (Å²) in [6, 6.07) is 0. The van der Waals surface area contributed by atoms with E-state index >= 15 is 0 Å². The van der Waals surface area contributed by atoms with Gasteiger partial charge < -0.3 is 10.6 Å². The molecule has 0 aliphatic rings. The largest absolute Gasteiger partial charge is 0.354 e. The summed E-state index contributed by atoms with van der Waals surface area (Å²) >= 11 is 1.67. The number of thioether (sulfide) groups is 1. The smallest absolute Gasteiger partial charge is 0.230 e. The number of nitrogens with one attached hydrogen (secondary N) is 2. The molecular formula is C9H21ClN2OS. The molecule has 0 fully saturated rings. The topological polar surface area (TPSA) is 41.1 Å². The second-order valence-corrected chi connectivity index (χ2v) is 5.66. The molecule has 0 rings (SSSR count).